The van der Waals surface area contributed by atoms with E-state index in [2.05, 4.69) is 47.4 Å². The Morgan fingerprint density at radius 1 is 1.08 bits per heavy atom. The molecule has 0 atom stereocenters. The zero-order chi connectivity index (χ0) is 27.2. The molecule has 2 aliphatic rings. The van der Waals surface area contributed by atoms with Gasteiger partial charge >= 0.3 is 5.97 Å². The molecule has 0 N–H and O–H groups in total. The van der Waals surface area contributed by atoms with Crippen molar-refractivity contribution in [1.29, 1.82) is 0 Å². The zero-order valence-corrected chi connectivity index (χ0v) is 23.5. The van der Waals surface area contributed by atoms with Gasteiger partial charge in [0.05, 0.1) is 12.7 Å². The van der Waals surface area contributed by atoms with Crippen LogP contribution in [-0.4, -0.2) is 36.1 Å². The highest BCUT2D eigenvalue weighted by atomic mass is 32.1. The monoisotopic (exact) mass is 537 g/mol. The van der Waals surface area contributed by atoms with Crippen molar-refractivity contribution in [1.82, 2.24) is 4.90 Å². The molecule has 0 amide bonds. The van der Waals surface area contributed by atoms with Gasteiger partial charge < -0.3 is 14.4 Å². The third kappa shape index (κ3) is 6.48. The normalized spacial score (nSPS) is 16.9. The highest BCUT2D eigenvalue weighted by Gasteiger charge is 2.23. The molecule has 200 valence electrons. The van der Waals surface area contributed by atoms with Crippen molar-refractivity contribution in [2.24, 2.45) is 5.92 Å². The molecule has 1 heterocycles. The van der Waals surface area contributed by atoms with E-state index < -0.39 is 0 Å². The van der Waals surface area contributed by atoms with Gasteiger partial charge in [-0.25, -0.2) is 4.79 Å². The van der Waals surface area contributed by atoms with Crippen molar-refractivity contribution < 1.29 is 14.3 Å². The van der Waals surface area contributed by atoms with E-state index in [9.17, 15) is 4.79 Å². The van der Waals surface area contributed by atoms with Crippen LogP contribution in [0.2, 0.25) is 0 Å². The fourth-order valence-electron chi connectivity index (χ4n) is 5.38. The summed E-state index contributed by atoms with van der Waals surface area (Å²) in [5, 5.41) is 1.76. The van der Waals surface area contributed by atoms with Crippen LogP contribution in [0.5, 0.6) is 5.75 Å². The van der Waals surface area contributed by atoms with E-state index >= 15 is 0 Å². The number of rotatable bonds is 6. The van der Waals surface area contributed by atoms with E-state index in [-0.39, 0.29) is 5.97 Å². The van der Waals surface area contributed by atoms with Crippen molar-refractivity contribution in [2.75, 3.05) is 20.2 Å². The highest BCUT2D eigenvalue weighted by molar-refractivity contribution is 7.80. The summed E-state index contributed by atoms with van der Waals surface area (Å²) in [4.78, 5) is 15.9. The van der Waals surface area contributed by atoms with Crippen LogP contribution in [-0.2, 0) is 11.3 Å². The number of thiocarbonyl (C=S) groups is 1. The number of hydrogen-bond acceptors (Lipinski definition) is 4. The maximum absolute atomic E-state index is 12.9. The Bertz CT molecular complexity index is 1450. The lowest BCUT2D eigenvalue weighted by molar-refractivity contribution is 0.0603. The molecule has 3 aromatic carbocycles. The first-order valence-electron chi connectivity index (χ1n) is 13.7. The Kier molecular flexibility index (Phi) is 8.58. The summed E-state index contributed by atoms with van der Waals surface area (Å²) in [6.45, 7) is 4.31. The summed E-state index contributed by atoms with van der Waals surface area (Å²) < 4.78 is 11.3. The van der Waals surface area contributed by atoms with Crippen molar-refractivity contribution in [3.63, 3.8) is 0 Å². The first-order valence-corrected chi connectivity index (χ1v) is 14.1. The van der Waals surface area contributed by atoms with Crippen LogP contribution in [0.1, 0.15) is 52.7 Å². The summed E-state index contributed by atoms with van der Waals surface area (Å²) in [6.07, 6.45) is 15.6. The van der Waals surface area contributed by atoms with Crippen molar-refractivity contribution in [3.05, 3.63) is 113 Å². The second-order valence-electron chi connectivity index (χ2n) is 10.3. The standard InChI is InChI=1S/C34H35NO3S/c1-24-18-28-20-29(33(39)35-16-14-26(15-17-35)19-25-10-6-3-4-7-11-25)21-31(34(36)37-2)30(28)22-32(24)38-23-27-12-8-5-9-13-27/h3-6,8-10,12-13,18-22,26H,7,11,14-17,23H2,1-2H3/b25-19+. The number of carbonyl (C=O) groups excluding carboxylic acids is 1. The van der Waals surface area contributed by atoms with E-state index in [0.29, 0.717) is 18.1 Å². The number of methoxy groups -OCH3 is 1. The molecule has 0 saturated carbocycles. The number of piperidine rings is 1. The predicted octanol–water partition coefficient (Wildman–Crippen LogP) is 7.73. The Labute approximate surface area is 236 Å². The molecule has 5 rings (SSSR count). The minimum Gasteiger partial charge on any atom is -0.489 e. The number of nitrogens with zero attached hydrogens (tertiary/aromatic N) is 1. The number of esters is 1. The average Bonchev–Trinajstić information content (AvgIpc) is 3.24. The van der Waals surface area contributed by atoms with Gasteiger partial charge in [0, 0.05) is 18.7 Å². The number of aryl methyl sites for hydroxylation is 1. The van der Waals surface area contributed by atoms with Crippen LogP contribution in [0.25, 0.3) is 10.8 Å². The molecule has 0 bridgehead atoms. The summed E-state index contributed by atoms with van der Waals surface area (Å²) in [7, 11) is 1.42. The maximum Gasteiger partial charge on any atom is 0.338 e. The molecule has 1 saturated heterocycles. The molecular weight excluding hydrogens is 502 g/mol. The van der Waals surface area contributed by atoms with E-state index in [1.165, 1.54) is 12.7 Å². The van der Waals surface area contributed by atoms with Crippen molar-refractivity contribution in [2.45, 2.75) is 39.2 Å². The summed E-state index contributed by atoms with van der Waals surface area (Å²) in [6, 6.07) is 18.1. The van der Waals surface area contributed by atoms with Crippen LogP contribution in [0, 0.1) is 12.8 Å². The molecule has 39 heavy (non-hydrogen) atoms. The predicted molar refractivity (Wildman–Crippen MR) is 162 cm³/mol. The minimum atomic E-state index is -0.376. The van der Waals surface area contributed by atoms with E-state index in [1.54, 1.807) is 0 Å². The lowest BCUT2D eigenvalue weighted by Crippen LogP contribution is -2.37. The number of carbonyl (C=O) groups is 1. The Hall–Kier alpha value is -3.70. The molecule has 3 aromatic rings. The summed E-state index contributed by atoms with van der Waals surface area (Å²) >= 11 is 5.97. The van der Waals surface area contributed by atoms with Crippen LogP contribution in [0.4, 0.5) is 0 Å². The maximum atomic E-state index is 12.9. The topological polar surface area (TPSA) is 38.8 Å². The van der Waals surface area contributed by atoms with Gasteiger partial charge in [-0.15, -0.1) is 0 Å². The second kappa shape index (κ2) is 12.4. The van der Waals surface area contributed by atoms with Gasteiger partial charge in [-0.3, -0.25) is 0 Å². The van der Waals surface area contributed by atoms with Crippen LogP contribution < -0.4 is 4.74 Å². The average molecular weight is 538 g/mol. The van der Waals surface area contributed by atoms with Crippen LogP contribution in [0.3, 0.4) is 0 Å². The molecule has 1 aliphatic carbocycles. The van der Waals surface area contributed by atoms with Crippen LogP contribution in [0.15, 0.2) is 90.6 Å². The molecule has 1 aliphatic heterocycles. The SMILES string of the molecule is COC(=O)c1cc(C(=S)N2CCC(/C=C3\C=CC=CCC3)CC2)cc2cc(C)c(OCc3ccccc3)cc12. The zero-order valence-electron chi connectivity index (χ0n) is 22.7. The Balaban J connectivity index is 1.35. The molecular formula is C34H35NO3S. The van der Waals surface area contributed by atoms with Crippen molar-refractivity contribution in [3.8, 4) is 5.75 Å². The van der Waals surface area contributed by atoms with Gasteiger partial charge in [-0.2, -0.15) is 0 Å². The first-order chi connectivity index (χ1) is 19.0. The lowest BCUT2D eigenvalue weighted by Gasteiger charge is -2.33. The number of hydrogen-bond donors (Lipinski definition) is 0. The number of ether oxygens (including phenoxy) is 2. The molecule has 0 radical (unpaired) electrons. The third-order valence-corrected chi connectivity index (χ3v) is 8.07. The lowest BCUT2D eigenvalue weighted by atomic mass is 9.92. The summed E-state index contributed by atoms with van der Waals surface area (Å²) in [5.41, 5.74) is 4.92. The Morgan fingerprint density at radius 3 is 2.64 bits per heavy atom. The third-order valence-electron chi connectivity index (χ3n) is 7.57. The molecule has 0 spiro atoms. The van der Waals surface area contributed by atoms with Gasteiger partial charge in [-0.05, 0) is 84.7 Å². The molecule has 4 nitrogen and oxygen atoms in total. The molecule has 1 fully saturated rings. The van der Waals surface area contributed by atoms with E-state index in [4.69, 9.17) is 21.7 Å². The first kappa shape index (κ1) is 26.9. The molecule has 0 unspecified atom stereocenters. The summed E-state index contributed by atoms with van der Waals surface area (Å²) in [5.74, 6) is 0.946. The largest absolute Gasteiger partial charge is 0.489 e. The Morgan fingerprint density at radius 2 is 1.87 bits per heavy atom. The van der Waals surface area contributed by atoms with Gasteiger partial charge in [0.2, 0.25) is 0 Å². The fourth-order valence-corrected chi connectivity index (χ4v) is 5.68. The number of benzene rings is 3. The number of fused-ring (bicyclic) bond motifs is 1. The smallest absolute Gasteiger partial charge is 0.338 e. The fraction of sp³-hybridized carbons (Fsp3) is 0.294. The van der Waals surface area contributed by atoms with Gasteiger partial charge in [0.1, 0.15) is 17.3 Å². The van der Waals surface area contributed by atoms with Gasteiger partial charge in [0.25, 0.3) is 0 Å². The van der Waals surface area contributed by atoms with E-state index in [1.807, 2.05) is 49.4 Å². The van der Waals surface area contributed by atoms with Crippen LogP contribution >= 0.6 is 12.2 Å². The van der Waals surface area contributed by atoms with Gasteiger partial charge in [0.15, 0.2) is 0 Å². The number of likely N-dealkylation sites (tertiary alicyclic amines) is 1. The minimum absolute atomic E-state index is 0.376. The van der Waals surface area contributed by atoms with Crippen molar-refractivity contribution >= 4 is 33.9 Å². The second-order valence-corrected chi connectivity index (χ2v) is 10.7. The number of allylic oxidation sites excluding steroid dienone is 6. The molecule has 0 aromatic heterocycles. The van der Waals surface area contributed by atoms with Gasteiger partial charge in [-0.1, -0.05) is 78.5 Å². The molecule has 5 heteroatoms. The highest BCUT2D eigenvalue weighted by Crippen LogP contribution is 2.32. The van der Waals surface area contributed by atoms with E-state index in [0.717, 1.165) is 77.0 Å². The quantitative estimate of drug-likeness (QED) is 0.238.